The van der Waals surface area contributed by atoms with E-state index >= 15 is 0 Å². The van der Waals surface area contributed by atoms with E-state index in [0.717, 1.165) is 17.9 Å². The number of anilines is 2. The van der Waals surface area contributed by atoms with Crippen molar-refractivity contribution in [3.8, 4) is 0 Å². The van der Waals surface area contributed by atoms with Gasteiger partial charge in [-0.15, -0.1) is 0 Å². The summed E-state index contributed by atoms with van der Waals surface area (Å²) in [5, 5.41) is 6.01. The van der Waals surface area contributed by atoms with Crippen LogP contribution in [0.4, 0.5) is 11.5 Å². The predicted molar refractivity (Wildman–Crippen MR) is 59.7 cm³/mol. The molecule has 0 radical (unpaired) electrons. The summed E-state index contributed by atoms with van der Waals surface area (Å²) in [6, 6.07) is 3.50. The Bertz CT molecular complexity index is 376. The van der Waals surface area contributed by atoms with E-state index in [4.69, 9.17) is 0 Å². The molecule has 0 bridgehead atoms. The average Bonchev–Trinajstić information content (AvgIpc) is 2.18. The van der Waals surface area contributed by atoms with Crippen molar-refractivity contribution in [3.05, 3.63) is 18.3 Å². The molecule has 4 heteroatoms. The summed E-state index contributed by atoms with van der Waals surface area (Å²) in [7, 11) is 0. The van der Waals surface area contributed by atoms with E-state index in [2.05, 4.69) is 29.5 Å². The van der Waals surface area contributed by atoms with Crippen LogP contribution in [0.3, 0.4) is 0 Å². The van der Waals surface area contributed by atoms with Crippen molar-refractivity contribution in [3.63, 3.8) is 0 Å². The van der Waals surface area contributed by atoms with Crippen molar-refractivity contribution in [1.29, 1.82) is 0 Å². The van der Waals surface area contributed by atoms with E-state index in [-0.39, 0.29) is 11.9 Å². The van der Waals surface area contributed by atoms with E-state index in [0.29, 0.717) is 5.92 Å². The van der Waals surface area contributed by atoms with Gasteiger partial charge >= 0.3 is 0 Å². The standard InChI is InChI=1S/C11H15N3O/c1-7(2)6-9-11(15)14-8-4-3-5-12-10(8)13-9/h3-5,7,9H,6H2,1-2H3,(H,12,13)(H,14,15). The molecule has 0 saturated heterocycles. The molecule has 0 aromatic carbocycles. The number of hydrogen-bond donors (Lipinski definition) is 2. The second-order valence-electron chi connectivity index (χ2n) is 4.22. The maximum Gasteiger partial charge on any atom is 0.247 e. The van der Waals surface area contributed by atoms with Crippen molar-refractivity contribution in [2.75, 3.05) is 10.6 Å². The van der Waals surface area contributed by atoms with Gasteiger partial charge in [-0.1, -0.05) is 13.8 Å². The minimum Gasteiger partial charge on any atom is -0.357 e. The highest BCUT2D eigenvalue weighted by Gasteiger charge is 2.26. The maximum atomic E-state index is 11.7. The Morgan fingerprint density at radius 3 is 3.07 bits per heavy atom. The second-order valence-corrected chi connectivity index (χ2v) is 4.22. The molecule has 0 saturated carbocycles. The molecule has 1 aliphatic heterocycles. The fraction of sp³-hybridized carbons (Fsp3) is 0.455. The Kier molecular flexibility index (Phi) is 2.58. The fourth-order valence-electron chi connectivity index (χ4n) is 1.71. The molecule has 1 atom stereocenters. The topological polar surface area (TPSA) is 54.0 Å². The van der Waals surface area contributed by atoms with E-state index in [1.54, 1.807) is 6.20 Å². The zero-order valence-corrected chi connectivity index (χ0v) is 8.95. The van der Waals surface area contributed by atoms with Crippen LogP contribution in [-0.2, 0) is 4.79 Å². The van der Waals surface area contributed by atoms with Crippen molar-refractivity contribution in [1.82, 2.24) is 4.98 Å². The molecular weight excluding hydrogens is 190 g/mol. The van der Waals surface area contributed by atoms with Crippen molar-refractivity contribution < 1.29 is 4.79 Å². The van der Waals surface area contributed by atoms with E-state index < -0.39 is 0 Å². The van der Waals surface area contributed by atoms with Gasteiger partial charge in [0.2, 0.25) is 5.91 Å². The number of aromatic nitrogens is 1. The summed E-state index contributed by atoms with van der Waals surface area (Å²) >= 11 is 0. The van der Waals surface area contributed by atoms with Gasteiger partial charge in [-0.3, -0.25) is 4.79 Å². The minimum atomic E-state index is -0.160. The van der Waals surface area contributed by atoms with Gasteiger partial charge in [-0.25, -0.2) is 4.98 Å². The Morgan fingerprint density at radius 2 is 2.33 bits per heavy atom. The molecule has 2 heterocycles. The third-order valence-electron chi connectivity index (χ3n) is 2.40. The smallest absolute Gasteiger partial charge is 0.247 e. The first-order valence-corrected chi connectivity index (χ1v) is 5.19. The number of nitrogens with zero attached hydrogens (tertiary/aromatic N) is 1. The molecular formula is C11H15N3O. The monoisotopic (exact) mass is 205 g/mol. The molecule has 1 aliphatic rings. The molecule has 0 spiro atoms. The lowest BCUT2D eigenvalue weighted by Crippen LogP contribution is -2.40. The number of carbonyl (C=O) groups excluding carboxylic acids is 1. The predicted octanol–water partition coefficient (Wildman–Crippen LogP) is 1.86. The minimum absolute atomic E-state index is 0.0317. The van der Waals surface area contributed by atoms with Crippen LogP contribution in [-0.4, -0.2) is 16.9 Å². The lowest BCUT2D eigenvalue weighted by Gasteiger charge is -2.26. The zero-order valence-electron chi connectivity index (χ0n) is 8.95. The average molecular weight is 205 g/mol. The van der Waals surface area contributed by atoms with Gasteiger partial charge in [0.15, 0.2) is 0 Å². The number of hydrogen-bond acceptors (Lipinski definition) is 3. The first-order valence-electron chi connectivity index (χ1n) is 5.19. The number of nitrogens with one attached hydrogen (secondary N) is 2. The van der Waals surface area contributed by atoms with Crippen LogP contribution in [0, 0.1) is 5.92 Å². The Hall–Kier alpha value is -1.58. The van der Waals surface area contributed by atoms with Crippen LogP contribution in [0.5, 0.6) is 0 Å². The van der Waals surface area contributed by atoms with Gasteiger partial charge in [0.1, 0.15) is 11.9 Å². The molecule has 2 rings (SSSR count). The molecule has 15 heavy (non-hydrogen) atoms. The summed E-state index contributed by atoms with van der Waals surface area (Å²) in [6.45, 7) is 4.20. The lowest BCUT2D eigenvalue weighted by atomic mass is 10.0. The molecule has 1 unspecified atom stereocenters. The molecule has 0 fully saturated rings. The summed E-state index contributed by atoms with van der Waals surface area (Å²) < 4.78 is 0. The van der Waals surface area contributed by atoms with Gasteiger partial charge < -0.3 is 10.6 Å². The normalized spacial score (nSPS) is 19.4. The quantitative estimate of drug-likeness (QED) is 0.774. The number of amides is 1. The number of fused-ring (bicyclic) bond motifs is 1. The second kappa shape index (κ2) is 3.88. The van der Waals surface area contributed by atoms with Gasteiger partial charge in [-0.05, 0) is 24.5 Å². The fourth-order valence-corrected chi connectivity index (χ4v) is 1.71. The molecule has 80 valence electrons. The highest BCUT2D eigenvalue weighted by Crippen LogP contribution is 2.25. The SMILES string of the molecule is CC(C)CC1Nc2ncccc2NC1=O. The van der Waals surface area contributed by atoms with Crippen LogP contribution < -0.4 is 10.6 Å². The van der Waals surface area contributed by atoms with Gasteiger partial charge in [0.05, 0.1) is 5.69 Å². The zero-order chi connectivity index (χ0) is 10.8. The van der Waals surface area contributed by atoms with E-state index in [9.17, 15) is 4.79 Å². The van der Waals surface area contributed by atoms with Crippen molar-refractivity contribution in [2.24, 2.45) is 5.92 Å². The highest BCUT2D eigenvalue weighted by molar-refractivity contribution is 6.02. The molecule has 1 aromatic rings. The van der Waals surface area contributed by atoms with Gasteiger partial charge in [0, 0.05) is 6.20 Å². The highest BCUT2D eigenvalue weighted by atomic mass is 16.2. The largest absolute Gasteiger partial charge is 0.357 e. The van der Waals surface area contributed by atoms with Crippen LogP contribution in [0.25, 0.3) is 0 Å². The third kappa shape index (κ3) is 2.09. The number of rotatable bonds is 2. The summed E-state index contributed by atoms with van der Waals surface area (Å²) in [4.78, 5) is 15.9. The van der Waals surface area contributed by atoms with Crippen LogP contribution in [0.15, 0.2) is 18.3 Å². The van der Waals surface area contributed by atoms with Gasteiger partial charge in [0.25, 0.3) is 0 Å². The summed E-state index contributed by atoms with van der Waals surface area (Å²) in [5.41, 5.74) is 0.766. The maximum absolute atomic E-state index is 11.7. The van der Waals surface area contributed by atoms with Crippen molar-refractivity contribution in [2.45, 2.75) is 26.3 Å². The molecule has 2 N–H and O–H groups in total. The molecule has 0 aliphatic carbocycles. The summed E-state index contributed by atoms with van der Waals surface area (Å²) in [5.74, 6) is 1.28. The first-order chi connectivity index (χ1) is 7.16. The Morgan fingerprint density at radius 1 is 1.53 bits per heavy atom. The summed E-state index contributed by atoms with van der Waals surface area (Å²) in [6.07, 6.45) is 2.54. The molecule has 1 amide bonds. The first kappa shape index (κ1) is 9.96. The molecule has 4 nitrogen and oxygen atoms in total. The van der Waals surface area contributed by atoms with Crippen LogP contribution in [0.2, 0.25) is 0 Å². The molecule has 1 aromatic heterocycles. The van der Waals surface area contributed by atoms with E-state index in [1.807, 2.05) is 12.1 Å². The van der Waals surface area contributed by atoms with Crippen LogP contribution in [0.1, 0.15) is 20.3 Å². The Balaban J connectivity index is 2.18. The third-order valence-corrected chi connectivity index (χ3v) is 2.40. The number of carbonyl (C=O) groups is 1. The van der Waals surface area contributed by atoms with Gasteiger partial charge in [-0.2, -0.15) is 0 Å². The van der Waals surface area contributed by atoms with Crippen molar-refractivity contribution >= 4 is 17.4 Å². The Labute approximate surface area is 89.1 Å². The number of pyridine rings is 1. The van der Waals surface area contributed by atoms with E-state index in [1.165, 1.54) is 0 Å². The lowest BCUT2D eigenvalue weighted by molar-refractivity contribution is -0.117. The van der Waals surface area contributed by atoms with Crippen LogP contribution >= 0.6 is 0 Å².